The molecule has 1 aliphatic carbocycles. The lowest BCUT2D eigenvalue weighted by atomic mass is 9.93. The number of rotatable bonds is 20. The minimum absolute atomic E-state index is 0.0242. The molecule has 35 heteroatoms. The minimum atomic E-state index is -5.34. The van der Waals surface area contributed by atoms with E-state index in [0.717, 1.165) is 37.6 Å². The quantitative estimate of drug-likeness (QED) is 0.0293. The van der Waals surface area contributed by atoms with Crippen LogP contribution in [0.15, 0.2) is 42.5 Å². The molecule has 0 saturated carbocycles. The molecule has 442 valence electrons. The number of aromatic nitrogens is 5. The highest BCUT2D eigenvalue weighted by atomic mass is 35.5. The number of aryl methyl sites for hydroxylation is 1. The lowest BCUT2D eigenvalue weighted by molar-refractivity contribution is -0.143. The van der Waals surface area contributed by atoms with Gasteiger partial charge in [-0.1, -0.05) is 29.7 Å². The maximum absolute atomic E-state index is 15.7. The number of phosphoric ester groups is 1. The average molecular weight is 1240 g/mol. The lowest BCUT2D eigenvalue weighted by Gasteiger charge is -2.25. The Morgan fingerprint density at radius 2 is 1.59 bits per heavy atom. The van der Waals surface area contributed by atoms with Crippen LogP contribution in [0, 0.1) is 29.9 Å². The highest BCUT2D eigenvalue weighted by molar-refractivity contribution is 7.92. The molecule has 0 fully saturated rings. The summed E-state index contributed by atoms with van der Waals surface area (Å²) in [6.45, 7) is -3.50. The van der Waals surface area contributed by atoms with Gasteiger partial charge in [0.25, 0.3) is 0 Å². The van der Waals surface area contributed by atoms with Crippen LogP contribution < -0.4 is 9.62 Å². The molecule has 2 aromatic carbocycles. The number of fused-ring (bicyclic) bond motifs is 2. The third-order valence-corrected chi connectivity index (χ3v) is 16.4. The number of nitrogens with one attached hydrogen (secondary N) is 1. The Morgan fingerprint density at radius 3 is 2.16 bits per heavy atom. The van der Waals surface area contributed by atoms with Crippen molar-refractivity contribution < 1.29 is 103 Å². The van der Waals surface area contributed by atoms with Crippen molar-refractivity contribution in [1.82, 2.24) is 34.8 Å². The fraction of sp³-hybridized carbons (Fsp3) is 0.435. The highest BCUT2D eigenvalue weighted by Gasteiger charge is 2.55. The Morgan fingerprint density at radius 1 is 0.963 bits per heavy atom. The molecule has 3 N–H and O–H groups in total. The smallest absolute Gasteiger partial charge is 0.447 e. The van der Waals surface area contributed by atoms with Gasteiger partial charge >= 0.3 is 38.3 Å². The van der Waals surface area contributed by atoms with Crippen molar-refractivity contribution in [2.24, 2.45) is 5.92 Å². The third-order valence-electron chi connectivity index (χ3n) is 12.5. The van der Waals surface area contributed by atoms with Crippen LogP contribution in [0.5, 0.6) is 0 Å². The summed E-state index contributed by atoms with van der Waals surface area (Å²) in [5, 5.41) is 8.25. The molecule has 0 saturated heterocycles. The number of halogens is 11. The Kier molecular flexibility index (Phi) is 18.3. The number of ether oxygens (including phenoxy) is 2. The molecule has 1 aliphatic rings. The SMILES string of the molecule is C#C[C@@H]1Cc2c(C(F)(F)F)nn(CC(=O)N[C@@H](Cc3cc(F)cc(F)c3)c3nc(CCC(C)(C)S(C)(=O)=O)ccc3-c3ccc(Cl)c4c(N(C(=O)OCCN(C)C(=O)OCOP(=O)(O)O)S(C)(=O)=O)nn(CC(F)(F)F)c34)c2C1(F)F. The number of sulfone groups is 1. The third kappa shape index (κ3) is 14.9. The van der Waals surface area contributed by atoms with E-state index in [-0.39, 0.29) is 43.3 Å². The van der Waals surface area contributed by atoms with Gasteiger partial charge in [0.1, 0.15) is 37.0 Å². The number of terminal acetylenes is 1. The molecule has 0 bridgehead atoms. The number of benzene rings is 2. The van der Waals surface area contributed by atoms with Crippen LogP contribution in [0.4, 0.5) is 59.3 Å². The molecule has 5 aromatic rings. The molecule has 0 unspecified atom stereocenters. The zero-order chi connectivity index (χ0) is 60.7. The van der Waals surface area contributed by atoms with Crippen molar-refractivity contribution >= 4 is 74.1 Å². The van der Waals surface area contributed by atoms with Crippen molar-refractivity contribution in [3.05, 3.63) is 93.0 Å². The molecule has 3 amide bonds. The van der Waals surface area contributed by atoms with E-state index in [1.165, 1.54) is 26.0 Å². The molecule has 21 nitrogen and oxygen atoms in total. The number of carbonyl (C=O) groups is 3. The van der Waals surface area contributed by atoms with E-state index in [1.54, 1.807) is 5.92 Å². The van der Waals surface area contributed by atoms with Crippen LogP contribution in [-0.4, -0.2) is 125 Å². The van der Waals surface area contributed by atoms with Gasteiger partial charge in [0.05, 0.1) is 51.1 Å². The Hall–Kier alpha value is -6.56. The molecule has 0 radical (unpaired) electrons. The molecular weight excluding hydrogens is 1190 g/mol. The molecule has 3 heterocycles. The van der Waals surface area contributed by atoms with Crippen molar-refractivity contribution in [1.29, 1.82) is 0 Å². The summed E-state index contributed by atoms with van der Waals surface area (Å²) in [5.41, 5.74) is -6.44. The number of hydrogen-bond donors (Lipinski definition) is 3. The predicted molar refractivity (Wildman–Crippen MR) is 265 cm³/mol. The van der Waals surface area contributed by atoms with Gasteiger partial charge in [0.2, 0.25) is 22.7 Å². The first-order chi connectivity index (χ1) is 37.1. The number of carbonyl (C=O) groups excluding carboxylic acids is 3. The maximum Gasteiger partial charge on any atom is 0.472 e. The monoisotopic (exact) mass is 1240 g/mol. The normalized spacial score (nSPS) is 15.2. The van der Waals surface area contributed by atoms with Crippen LogP contribution in [-0.2, 0) is 87.7 Å². The Balaban J connectivity index is 1.55. The zero-order valence-corrected chi connectivity index (χ0v) is 45.9. The van der Waals surface area contributed by atoms with Gasteiger partial charge in [0, 0.05) is 41.8 Å². The number of nitrogens with zero attached hydrogens (tertiary/aromatic N) is 7. The summed E-state index contributed by atoms with van der Waals surface area (Å²) in [7, 11) is -12.9. The van der Waals surface area contributed by atoms with E-state index in [9.17, 15) is 70.9 Å². The van der Waals surface area contributed by atoms with Crippen LogP contribution in [0.1, 0.15) is 60.2 Å². The zero-order valence-electron chi connectivity index (χ0n) is 42.6. The van der Waals surface area contributed by atoms with E-state index in [1.807, 2.05) is 0 Å². The Labute approximate surface area is 458 Å². The molecule has 0 aliphatic heterocycles. The number of phosphoric acid groups is 1. The largest absolute Gasteiger partial charge is 0.472 e. The number of alkyl halides is 8. The van der Waals surface area contributed by atoms with E-state index < -0.39 is 188 Å². The second kappa shape index (κ2) is 23.4. The summed E-state index contributed by atoms with van der Waals surface area (Å²) in [6.07, 6.45) is -9.28. The second-order valence-electron chi connectivity index (χ2n) is 18.9. The maximum atomic E-state index is 15.7. The molecular formula is C46H46ClF10N8O13PS2. The average Bonchev–Trinajstić information content (AvgIpc) is 3.96. The topological polar surface area (TPSA) is 272 Å². The van der Waals surface area contributed by atoms with Crippen molar-refractivity contribution in [3.63, 3.8) is 0 Å². The van der Waals surface area contributed by atoms with Gasteiger partial charge in [-0.2, -0.15) is 49.6 Å². The summed E-state index contributed by atoms with van der Waals surface area (Å²) >= 11 is 6.63. The molecule has 6 rings (SSSR count). The fourth-order valence-corrected chi connectivity index (χ4v) is 10.0. The number of sulfonamides is 1. The second-order valence-corrected chi connectivity index (χ2v) is 25.0. The Bertz CT molecular complexity index is 3590. The van der Waals surface area contributed by atoms with Crippen molar-refractivity contribution in [2.45, 2.75) is 81.7 Å². The fourth-order valence-electron chi connectivity index (χ4n) is 8.35. The van der Waals surface area contributed by atoms with Gasteiger partial charge in [0.15, 0.2) is 21.3 Å². The van der Waals surface area contributed by atoms with Gasteiger partial charge in [-0.25, -0.2) is 44.3 Å². The van der Waals surface area contributed by atoms with E-state index in [2.05, 4.69) is 29.8 Å². The minimum Gasteiger partial charge on any atom is -0.447 e. The van der Waals surface area contributed by atoms with E-state index in [0.29, 0.717) is 17.2 Å². The number of amides is 3. The van der Waals surface area contributed by atoms with Gasteiger partial charge in [-0.3, -0.25) is 19.1 Å². The molecule has 3 aromatic heterocycles. The first-order valence-corrected chi connectivity index (χ1v) is 28.7. The first-order valence-electron chi connectivity index (χ1n) is 23.1. The molecule has 2 atom stereocenters. The summed E-state index contributed by atoms with van der Waals surface area (Å²) in [4.78, 5) is 63.2. The van der Waals surface area contributed by atoms with Crippen LogP contribution >= 0.6 is 19.4 Å². The van der Waals surface area contributed by atoms with Crippen LogP contribution in [0.3, 0.4) is 0 Å². The van der Waals surface area contributed by atoms with Crippen molar-refractivity contribution in [3.8, 4) is 23.5 Å². The number of anilines is 1. The number of pyridine rings is 1. The van der Waals surface area contributed by atoms with E-state index in [4.69, 9.17) is 32.5 Å². The first kappa shape index (κ1) is 63.6. The van der Waals surface area contributed by atoms with Crippen LogP contribution in [0.2, 0.25) is 5.02 Å². The highest BCUT2D eigenvalue weighted by Crippen LogP contribution is 2.50. The molecule has 0 spiro atoms. The lowest BCUT2D eigenvalue weighted by Crippen LogP contribution is -2.39. The van der Waals surface area contributed by atoms with Gasteiger partial charge < -0.3 is 29.5 Å². The number of likely N-dealkylation sites (N-methyl/N-ethyl adjacent to an activating group) is 1. The predicted octanol–water partition coefficient (Wildman–Crippen LogP) is 7.60. The summed E-state index contributed by atoms with van der Waals surface area (Å²) < 4.78 is 224. The van der Waals surface area contributed by atoms with Crippen LogP contribution in [0.25, 0.3) is 22.0 Å². The summed E-state index contributed by atoms with van der Waals surface area (Å²) in [6, 6.07) is 4.62. The number of hydrogen-bond acceptors (Lipinski definition) is 14. The van der Waals surface area contributed by atoms with Gasteiger partial charge in [-0.05, 0) is 69.4 Å². The standard InChI is InChI=1S/C46H46ClF10N8O13PS2/c1-7-25-19-31-38(46(55,56)57)60-63(39(31)45(25,53)54)21-34(66)59-33(18-24-16-26(48)20-27(49)17-24)36-29(9-8-28(58-36)12-13-43(2,3)80(5,72)73)30-10-11-32(47)35-37(30)64(22-44(50,51)52)61-40(35)65(81(6,74)75)42(68)76-15-14-62(4)41(67)77-23-78-79(69,70)71/h1,8-11,16-17,20,25,33H,12-15,18-19,21-23H2,2-6H3,(H,59,66)(H2,69,70,71)/t25-,33+/m1/s1. The molecule has 81 heavy (non-hydrogen) atoms. The van der Waals surface area contributed by atoms with Gasteiger partial charge in [-0.15, -0.1) is 6.42 Å². The van der Waals surface area contributed by atoms with E-state index >= 15 is 8.78 Å². The van der Waals surface area contributed by atoms with Crippen molar-refractivity contribution in [2.75, 3.05) is 43.8 Å². The summed E-state index contributed by atoms with van der Waals surface area (Å²) in [5.74, 6) is -9.46.